The molecule has 0 saturated heterocycles. The fourth-order valence-electron chi connectivity index (χ4n) is 3.50. The zero-order chi connectivity index (χ0) is 15.0. The number of nitrogens with zero attached hydrogens (tertiary/aromatic N) is 2. The molecule has 116 valence electrons. The van der Waals surface area contributed by atoms with Crippen LogP contribution in [0, 0.1) is 18.8 Å². The number of hydrogen-bond donors (Lipinski definition) is 2. The van der Waals surface area contributed by atoms with E-state index in [0.29, 0.717) is 17.9 Å². The van der Waals surface area contributed by atoms with Gasteiger partial charge in [0.05, 0.1) is 0 Å². The highest BCUT2D eigenvalue weighted by Gasteiger charge is 2.30. The quantitative estimate of drug-likeness (QED) is 0.881. The van der Waals surface area contributed by atoms with Gasteiger partial charge in [-0.1, -0.05) is 13.8 Å². The molecule has 4 nitrogen and oxygen atoms in total. The van der Waals surface area contributed by atoms with Crippen LogP contribution in [0.1, 0.15) is 63.3 Å². The molecule has 2 N–H and O–H groups in total. The summed E-state index contributed by atoms with van der Waals surface area (Å²) in [5.74, 6) is 5.20. The van der Waals surface area contributed by atoms with Crippen molar-refractivity contribution in [2.75, 3.05) is 17.7 Å². The Labute approximate surface area is 128 Å². The number of nitrogens with one attached hydrogen (secondary N) is 2. The molecule has 2 fully saturated rings. The van der Waals surface area contributed by atoms with Gasteiger partial charge in [-0.3, -0.25) is 0 Å². The monoisotopic (exact) mass is 288 g/mol. The standard InChI is InChI=1S/C17H28N4/c1-10-5-8-14(11(2)9-10)19-16-12(3)15(18-4)20-17(21-16)13-6-7-13/h10-11,13-14H,5-9H2,1-4H3,(H2,18,19,20,21). The van der Waals surface area contributed by atoms with Crippen molar-refractivity contribution < 1.29 is 0 Å². The largest absolute Gasteiger partial charge is 0.373 e. The van der Waals surface area contributed by atoms with E-state index >= 15 is 0 Å². The van der Waals surface area contributed by atoms with Crippen molar-refractivity contribution in [3.63, 3.8) is 0 Å². The molecule has 2 saturated carbocycles. The first kappa shape index (κ1) is 14.6. The Morgan fingerprint density at radius 3 is 2.33 bits per heavy atom. The van der Waals surface area contributed by atoms with E-state index in [0.717, 1.165) is 28.9 Å². The van der Waals surface area contributed by atoms with Crippen LogP contribution in [0.5, 0.6) is 0 Å². The third-order valence-electron chi connectivity index (χ3n) is 5.10. The van der Waals surface area contributed by atoms with Gasteiger partial charge in [0.2, 0.25) is 0 Å². The highest BCUT2D eigenvalue weighted by Crippen LogP contribution is 2.40. The minimum atomic E-state index is 0.548. The molecule has 1 aromatic rings. The maximum atomic E-state index is 4.83. The van der Waals surface area contributed by atoms with Gasteiger partial charge in [0.25, 0.3) is 0 Å². The van der Waals surface area contributed by atoms with Crippen molar-refractivity contribution in [3.8, 4) is 0 Å². The summed E-state index contributed by atoms with van der Waals surface area (Å²) in [4.78, 5) is 9.50. The molecule has 2 aliphatic carbocycles. The Balaban J connectivity index is 1.82. The summed E-state index contributed by atoms with van der Waals surface area (Å²) in [6.07, 6.45) is 6.36. The lowest BCUT2D eigenvalue weighted by molar-refractivity contribution is 0.276. The number of aromatic nitrogens is 2. The van der Waals surface area contributed by atoms with Crippen LogP contribution in [0.15, 0.2) is 0 Å². The average molecular weight is 288 g/mol. The second-order valence-corrected chi connectivity index (χ2v) is 7.07. The molecule has 0 bridgehead atoms. The zero-order valence-electron chi connectivity index (χ0n) is 13.7. The van der Waals surface area contributed by atoms with Gasteiger partial charge in [-0.05, 0) is 50.9 Å². The van der Waals surface area contributed by atoms with E-state index in [2.05, 4.69) is 36.4 Å². The third kappa shape index (κ3) is 3.14. The maximum absolute atomic E-state index is 4.83. The number of rotatable bonds is 4. The van der Waals surface area contributed by atoms with E-state index in [4.69, 9.17) is 4.98 Å². The van der Waals surface area contributed by atoms with Crippen molar-refractivity contribution in [2.24, 2.45) is 11.8 Å². The predicted octanol–water partition coefficient (Wildman–Crippen LogP) is 3.94. The first-order valence-corrected chi connectivity index (χ1v) is 8.41. The molecule has 1 aromatic heterocycles. The van der Waals surface area contributed by atoms with E-state index in [1.54, 1.807) is 0 Å². The van der Waals surface area contributed by atoms with E-state index in [1.165, 1.54) is 32.1 Å². The predicted molar refractivity (Wildman–Crippen MR) is 87.9 cm³/mol. The minimum Gasteiger partial charge on any atom is -0.373 e. The van der Waals surface area contributed by atoms with Gasteiger partial charge in [0, 0.05) is 24.6 Å². The van der Waals surface area contributed by atoms with Crippen molar-refractivity contribution in [2.45, 2.75) is 64.8 Å². The van der Waals surface area contributed by atoms with Gasteiger partial charge in [0.15, 0.2) is 0 Å². The maximum Gasteiger partial charge on any atom is 0.136 e. The Morgan fingerprint density at radius 2 is 1.71 bits per heavy atom. The molecule has 0 aliphatic heterocycles. The molecule has 0 amide bonds. The van der Waals surface area contributed by atoms with Crippen LogP contribution >= 0.6 is 0 Å². The fraction of sp³-hybridized carbons (Fsp3) is 0.765. The van der Waals surface area contributed by atoms with Crippen LogP contribution in [-0.4, -0.2) is 23.1 Å². The van der Waals surface area contributed by atoms with Crippen LogP contribution in [0.4, 0.5) is 11.6 Å². The summed E-state index contributed by atoms with van der Waals surface area (Å²) >= 11 is 0. The van der Waals surface area contributed by atoms with E-state index in [9.17, 15) is 0 Å². The van der Waals surface area contributed by atoms with Crippen molar-refractivity contribution in [1.29, 1.82) is 0 Å². The van der Waals surface area contributed by atoms with Gasteiger partial charge < -0.3 is 10.6 Å². The van der Waals surface area contributed by atoms with Crippen molar-refractivity contribution in [1.82, 2.24) is 9.97 Å². The van der Waals surface area contributed by atoms with Crippen LogP contribution < -0.4 is 10.6 Å². The second kappa shape index (κ2) is 5.82. The van der Waals surface area contributed by atoms with Gasteiger partial charge in [-0.15, -0.1) is 0 Å². The molecule has 2 aliphatic rings. The topological polar surface area (TPSA) is 49.8 Å². The summed E-state index contributed by atoms with van der Waals surface area (Å²) in [7, 11) is 1.95. The van der Waals surface area contributed by atoms with Crippen molar-refractivity contribution in [3.05, 3.63) is 11.4 Å². The summed E-state index contributed by atoms with van der Waals surface area (Å²) in [6, 6.07) is 0.548. The van der Waals surface area contributed by atoms with Gasteiger partial charge >= 0.3 is 0 Å². The zero-order valence-corrected chi connectivity index (χ0v) is 13.7. The minimum absolute atomic E-state index is 0.548. The van der Waals surface area contributed by atoms with Gasteiger partial charge in [-0.2, -0.15) is 0 Å². The van der Waals surface area contributed by atoms with Crippen LogP contribution in [0.25, 0.3) is 0 Å². The first-order valence-electron chi connectivity index (χ1n) is 8.41. The molecule has 4 heteroatoms. The lowest BCUT2D eigenvalue weighted by atomic mass is 9.80. The molecule has 1 heterocycles. The van der Waals surface area contributed by atoms with Gasteiger partial charge in [-0.25, -0.2) is 9.97 Å². The molecular formula is C17H28N4. The van der Waals surface area contributed by atoms with E-state index < -0.39 is 0 Å². The van der Waals surface area contributed by atoms with E-state index in [-0.39, 0.29) is 0 Å². The molecule has 0 radical (unpaired) electrons. The molecular weight excluding hydrogens is 260 g/mol. The molecule has 0 spiro atoms. The van der Waals surface area contributed by atoms with Gasteiger partial charge in [0.1, 0.15) is 17.5 Å². The smallest absolute Gasteiger partial charge is 0.136 e. The van der Waals surface area contributed by atoms with E-state index in [1.807, 2.05) is 7.05 Å². The average Bonchev–Trinajstić information content (AvgIpc) is 3.28. The number of anilines is 2. The second-order valence-electron chi connectivity index (χ2n) is 7.07. The number of hydrogen-bond acceptors (Lipinski definition) is 4. The molecule has 3 unspecified atom stereocenters. The summed E-state index contributed by atoms with van der Waals surface area (Å²) in [6.45, 7) is 6.85. The van der Waals surface area contributed by atoms with Crippen LogP contribution in [0.3, 0.4) is 0 Å². The van der Waals surface area contributed by atoms with Crippen LogP contribution in [-0.2, 0) is 0 Å². The highest BCUT2D eigenvalue weighted by molar-refractivity contribution is 5.57. The Morgan fingerprint density at radius 1 is 1.00 bits per heavy atom. The Kier molecular flexibility index (Phi) is 4.05. The van der Waals surface area contributed by atoms with Crippen LogP contribution in [0.2, 0.25) is 0 Å². The summed E-state index contributed by atoms with van der Waals surface area (Å²) < 4.78 is 0. The molecule has 3 atom stereocenters. The summed E-state index contributed by atoms with van der Waals surface area (Å²) in [5, 5.41) is 6.95. The Hall–Kier alpha value is -1.32. The lowest BCUT2D eigenvalue weighted by Gasteiger charge is -2.34. The molecule has 3 rings (SSSR count). The fourth-order valence-corrected chi connectivity index (χ4v) is 3.50. The lowest BCUT2D eigenvalue weighted by Crippen LogP contribution is -2.33. The Bertz CT molecular complexity index is 510. The highest BCUT2D eigenvalue weighted by atomic mass is 15.1. The third-order valence-corrected chi connectivity index (χ3v) is 5.10. The molecule has 0 aromatic carbocycles. The first-order chi connectivity index (χ1) is 10.1. The summed E-state index contributed by atoms with van der Waals surface area (Å²) in [5.41, 5.74) is 1.15. The molecule has 21 heavy (non-hydrogen) atoms. The van der Waals surface area contributed by atoms with Crippen molar-refractivity contribution >= 4 is 11.6 Å². The normalized spacial score (nSPS) is 29.2. The SMILES string of the molecule is CNc1nc(C2CC2)nc(NC2CCC(C)CC2C)c1C.